The number of ether oxygens (including phenoxy) is 1. The summed E-state index contributed by atoms with van der Waals surface area (Å²) in [6.45, 7) is 5.73. The lowest BCUT2D eigenvalue weighted by molar-refractivity contribution is -0.160. The van der Waals surface area contributed by atoms with Crippen LogP contribution >= 0.6 is 0 Å². The Kier molecular flexibility index (Phi) is 5.85. The van der Waals surface area contributed by atoms with Crippen LogP contribution in [0, 0.1) is 11.8 Å². The minimum Gasteiger partial charge on any atom is -0.460 e. The van der Waals surface area contributed by atoms with Crippen LogP contribution in [0.15, 0.2) is 0 Å². The summed E-state index contributed by atoms with van der Waals surface area (Å²) >= 11 is 0. The van der Waals surface area contributed by atoms with Crippen molar-refractivity contribution < 1.29 is 24.2 Å². The van der Waals surface area contributed by atoms with Crippen LogP contribution in [0.25, 0.3) is 0 Å². The van der Waals surface area contributed by atoms with Gasteiger partial charge >= 0.3 is 5.97 Å². The predicted molar refractivity (Wildman–Crippen MR) is 86.9 cm³/mol. The number of hydrogen-bond donors (Lipinski definition) is 3. The maximum Gasteiger partial charge on any atom is 0.309 e. The van der Waals surface area contributed by atoms with E-state index in [2.05, 4.69) is 10.6 Å². The van der Waals surface area contributed by atoms with Crippen LogP contribution in [0.5, 0.6) is 0 Å². The molecule has 2 unspecified atom stereocenters. The second kappa shape index (κ2) is 7.51. The number of esters is 1. The average molecular weight is 340 g/mol. The summed E-state index contributed by atoms with van der Waals surface area (Å²) < 4.78 is 5.37. The van der Waals surface area contributed by atoms with Gasteiger partial charge in [-0.3, -0.25) is 14.4 Å². The molecule has 3 N–H and O–H groups in total. The molecule has 0 spiro atoms. The lowest BCUT2D eigenvalue weighted by Crippen LogP contribution is -2.50. The van der Waals surface area contributed by atoms with Crippen LogP contribution in [-0.4, -0.2) is 47.2 Å². The SMILES string of the molecule is CC(C)(C)OC(=O)C1C[C@H](CNC(=O)C2CCCC(=O)N2)[C@H](O)C1. The fourth-order valence-corrected chi connectivity index (χ4v) is 3.26. The Hall–Kier alpha value is -1.63. The third-order valence-corrected chi connectivity index (χ3v) is 4.48. The van der Waals surface area contributed by atoms with Crippen molar-refractivity contribution >= 4 is 17.8 Å². The van der Waals surface area contributed by atoms with E-state index in [1.54, 1.807) is 0 Å². The van der Waals surface area contributed by atoms with Crippen molar-refractivity contribution in [3.05, 3.63) is 0 Å². The van der Waals surface area contributed by atoms with E-state index >= 15 is 0 Å². The largest absolute Gasteiger partial charge is 0.460 e. The van der Waals surface area contributed by atoms with E-state index in [9.17, 15) is 19.5 Å². The molecule has 0 aromatic carbocycles. The number of piperidine rings is 1. The van der Waals surface area contributed by atoms with Gasteiger partial charge < -0.3 is 20.5 Å². The van der Waals surface area contributed by atoms with Crippen molar-refractivity contribution in [2.75, 3.05) is 6.54 Å². The van der Waals surface area contributed by atoms with Gasteiger partial charge in [0.2, 0.25) is 11.8 Å². The molecule has 0 radical (unpaired) electrons. The summed E-state index contributed by atoms with van der Waals surface area (Å²) in [5, 5.41) is 15.6. The number of aliphatic hydroxyl groups excluding tert-OH is 1. The minimum absolute atomic E-state index is 0.104. The molecule has 24 heavy (non-hydrogen) atoms. The van der Waals surface area contributed by atoms with Crippen molar-refractivity contribution in [2.24, 2.45) is 11.8 Å². The van der Waals surface area contributed by atoms with Crippen LogP contribution in [0.1, 0.15) is 52.9 Å². The summed E-state index contributed by atoms with van der Waals surface area (Å²) in [4.78, 5) is 35.6. The molecule has 1 heterocycles. The van der Waals surface area contributed by atoms with E-state index in [1.165, 1.54) is 0 Å². The summed E-state index contributed by atoms with van der Waals surface area (Å²) in [7, 11) is 0. The van der Waals surface area contributed by atoms with Gasteiger partial charge in [0.15, 0.2) is 0 Å². The Morgan fingerprint density at radius 1 is 1.33 bits per heavy atom. The second-order valence-corrected chi connectivity index (χ2v) is 7.79. The highest BCUT2D eigenvalue weighted by atomic mass is 16.6. The zero-order chi connectivity index (χ0) is 17.9. The summed E-state index contributed by atoms with van der Waals surface area (Å²) in [5.74, 6) is -1.14. The molecule has 2 amide bonds. The standard InChI is InChI=1S/C17H28N2O5/c1-17(2,3)24-16(23)10-7-11(13(20)8-10)9-18-15(22)12-5-4-6-14(21)19-12/h10-13,20H,4-9H2,1-3H3,(H,18,22)(H,19,21)/t10?,11-,12?,13-/m1/s1. The van der Waals surface area contributed by atoms with E-state index in [4.69, 9.17) is 4.74 Å². The van der Waals surface area contributed by atoms with Crippen LogP contribution in [0.2, 0.25) is 0 Å². The van der Waals surface area contributed by atoms with E-state index in [0.717, 1.165) is 0 Å². The Balaban J connectivity index is 1.80. The Morgan fingerprint density at radius 2 is 2.04 bits per heavy atom. The smallest absolute Gasteiger partial charge is 0.309 e. The first kappa shape index (κ1) is 18.7. The van der Waals surface area contributed by atoms with Crippen molar-refractivity contribution in [1.82, 2.24) is 10.6 Å². The number of carbonyl (C=O) groups excluding carboxylic acids is 3. The highest BCUT2D eigenvalue weighted by Crippen LogP contribution is 2.32. The maximum atomic E-state index is 12.1. The molecule has 7 heteroatoms. The Bertz CT molecular complexity index is 500. The molecular formula is C17H28N2O5. The van der Waals surface area contributed by atoms with Crippen LogP contribution in [0.3, 0.4) is 0 Å². The van der Waals surface area contributed by atoms with Gasteiger partial charge in [-0.2, -0.15) is 0 Å². The quantitative estimate of drug-likeness (QED) is 0.647. The molecule has 2 aliphatic rings. The van der Waals surface area contributed by atoms with Crippen molar-refractivity contribution in [2.45, 2.75) is 70.6 Å². The van der Waals surface area contributed by atoms with Crippen LogP contribution < -0.4 is 10.6 Å². The minimum atomic E-state index is -0.635. The molecule has 1 saturated heterocycles. The van der Waals surface area contributed by atoms with E-state index in [0.29, 0.717) is 38.6 Å². The number of hydrogen-bond acceptors (Lipinski definition) is 5. The normalized spacial score (nSPS) is 30.6. The van der Waals surface area contributed by atoms with Gasteiger partial charge in [0.25, 0.3) is 0 Å². The first-order chi connectivity index (χ1) is 11.2. The molecule has 0 aromatic heterocycles. The average Bonchev–Trinajstić information content (AvgIpc) is 2.84. The third kappa shape index (κ3) is 5.19. The van der Waals surface area contributed by atoms with Gasteiger partial charge in [-0.25, -0.2) is 0 Å². The van der Waals surface area contributed by atoms with Gasteiger partial charge in [-0.1, -0.05) is 0 Å². The highest BCUT2D eigenvalue weighted by Gasteiger charge is 2.39. The third-order valence-electron chi connectivity index (χ3n) is 4.48. The summed E-state index contributed by atoms with van der Waals surface area (Å²) in [6, 6.07) is -0.494. The van der Waals surface area contributed by atoms with Gasteiger partial charge in [-0.05, 0) is 46.5 Å². The predicted octanol–water partition coefficient (Wildman–Crippen LogP) is 0.500. The van der Waals surface area contributed by atoms with Crippen LogP contribution in [0.4, 0.5) is 0 Å². The van der Waals surface area contributed by atoms with Crippen molar-refractivity contribution in [3.8, 4) is 0 Å². The molecule has 1 saturated carbocycles. The van der Waals surface area contributed by atoms with Crippen LogP contribution in [-0.2, 0) is 19.1 Å². The van der Waals surface area contributed by atoms with Crippen molar-refractivity contribution in [1.29, 1.82) is 0 Å². The van der Waals surface area contributed by atoms with Gasteiger partial charge in [0.1, 0.15) is 11.6 Å². The summed E-state index contributed by atoms with van der Waals surface area (Å²) in [6.07, 6.45) is 2.01. The number of carbonyl (C=O) groups is 3. The van der Waals surface area contributed by atoms with E-state index < -0.39 is 17.7 Å². The number of aliphatic hydroxyl groups is 1. The molecule has 1 aliphatic carbocycles. The molecule has 1 aliphatic heterocycles. The molecule has 4 atom stereocenters. The molecule has 0 aromatic rings. The van der Waals surface area contributed by atoms with E-state index in [-0.39, 0.29) is 29.6 Å². The molecule has 2 fully saturated rings. The number of rotatable bonds is 4. The fraction of sp³-hybridized carbons (Fsp3) is 0.824. The molecule has 2 rings (SSSR count). The van der Waals surface area contributed by atoms with Gasteiger partial charge in [-0.15, -0.1) is 0 Å². The zero-order valence-electron chi connectivity index (χ0n) is 14.6. The molecule has 7 nitrogen and oxygen atoms in total. The lowest BCUT2D eigenvalue weighted by atomic mass is 10.0. The monoisotopic (exact) mass is 340 g/mol. The molecule has 136 valence electrons. The van der Waals surface area contributed by atoms with Crippen molar-refractivity contribution in [3.63, 3.8) is 0 Å². The molecular weight excluding hydrogens is 312 g/mol. The number of amides is 2. The first-order valence-electron chi connectivity index (χ1n) is 8.63. The fourth-order valence-electron chi connectivity index (χ4n) is 3.26. The lowest BCUT2D eigenvalue weighted by Gasteiger charge is -2.24. The Labute approximate surface area is 142 Å². The van der Waals surface area contributed by atoms with Gasteiger partial charge in [0.05, 0.1) is 12.0 Å². The van der Waals surface area contributed by atoms with Gasteiger partial charge in [0, 0.05) is 18.9 Å². The molecule has 0 bridgehead atoms. The summed E-state index contributed by atoms with van der Waals surface area (Å²) in [5.41, 5.74) is -0.548. The zero-order valence-corrected chi connectivity index (χ0v) is 14.6. The van der Waals surface area contributed by atoms with E-state index in [1.807, 2.05) is 20.8 Å². The topological polar surface area (TPSA) is 105 Å². The first-order valence-corrected chi connectivity index (χ1v) is 8.63. The number of nitrogens with one attached hydrogen (secondary N) is 2. The second-order valence-electron chi connectivity index (χ2n) is 7.79. The highest BCUT2D eigenvalue weighted by molar-refractivity contribution is 5.88. The maximum absolute atomic E-state index is 12.1. The Morgan fingerprint density at radius 3 is 2.67 bits per heavy atom.